The van der Waals surface area contributed by atoms with Crippen LogP contribution in [0.15, 0.2) is 4.52 Å². The van der Waals surface area contributed by atoms with Crippen LogP contribution in [0.3, 0.4) is 0 Å². The molecule has 0 unspecified atom stereocenters. The van der Waals surface area contributed by atoms with Gasteiger partial charge < -0.3 is 20.1 Å². The zero-order chi connectivity index (χ0) is 21.3. The highest BCUT2D eigenvalue weighted by molar-refractivity contribution is 5.90. The SMILES string of the molecule is Cc1noc(C2CCC([C@H](C(=O)N(C)C)[C@H](N)C(=O)N3CCC(F)(F)C3)CC2)n1. The molecule has 2 N–H and O–H groups in total. The monoisotopic (exact) mass is 413 g/mol. The molecule has 1 saturated heterocycles. The summed E-state index contributed by atoms with van der Waals surface area (Å²) in [5.74, 6) is -3.26. The van der Waals surface area contributed by atoms with Gasteiger partial charge in [0.1, 0.15) is 0 Å². The molecule has 2 amide bonds. The number of hydrogen-bond donors (Lipinski definition) is 1. The molecule has 2 atom stereocenters. The third-order valence-corrected chi connectivity index (χ3v) is 6.05. The number of rotatable bonds is 5. The van der Waals surface area contributed by atoms with E-state index in [4.69, 9.17) is 10.3 Å². The third-order valence-electron chi connectivity index (χ3n) is 6.05. The zero-order valence-corrected chi connectivity index (χ0v) is 17.1. The molecule has 1 saturated carbocycles. The summed E-state index contributed by atoms with van der Waals surface area (Å²) in [6, 6.07) is -1.13. The number of carbonyl (C=O) groups excluding carboxylic acids is 2. The zero-order valence-electron chi connectivity index (χ0n) is 17.1. The smallest absolute Gasteiger partial charge is 0.267 e. The summed E-state index contributed by atoms with van der Waals surface area (Å²) in [7, 11) is 3.23. The van der Waals surface area contributed by atoms with Gasteiger partial charge in [0, 0.05) is 33.0 Å². The molecule has 29 heavy (non-hydrogen) atoms. The summed E-state index contributed by atoms with van der Waals surface area (Å²) in [6.07, 6.45) is 2.46. The Morgan fingerprint density at radius 3 is 2.41 bits per heavy atom. The standard InChI is InChI=1S/C19H29F2N5O3/c1-11-23-16(29-24-11)13-6-4-12(5-7-13)14(17(27)25(2)3)15(22)18(28)26-9-8-19(20,21)10-26/h12-15H,4-10,22H2,1-3H3/t12?,13?,14-,15-/m0/s1. The Balaban J connectivity index is 1.70. The number of carbonyl (C=O) groups is 2. The van der Waals surface area contributed by atoms with E-state index < -0.39 is 30.3 Å². The van der Waals surface area contributed by atoms with Crippen LogP contribution in [-0.4, -0.2) is 70.9 Å². The molecular formula is C19H29F2N5O3. The number of amides is 2. The van der Waals surface area contributed by atoms with Crippen LogP contribution in [0, 0.1) is 18.8 Å². The lowest BCUT2D eigenvalue weighted by molar-refractivity contribution is -0.144. The summed E-state index contributed by atoms with van der Waals surface area (Å²) in [5.41, 5.74) is 6.22. The van der Waals surface area contributed by atoms with Gasteiger partial charge >= 0.3 is 0 Å². The second kappa shape index (κ2) is 8.33. The Labute approximate surface area is 168 Å². The van der Waals surface area contributed by atoms with Crippen molar-refractivity contribution in [2.75, 3.05) is 27.2 Å². The molecule has 0 radical (unpaired) electrons. The lowest BCUT2D eigenvalue weighted by atomic mass is 9.72. The Bertz CT molecular complexity index is 746. The molecule has 1 aliphatic heterocycles. The van der Waals surface area contributed by atoms with E-state index in [-0.39, 0.29) is 30.7 Å². The Morgan fingerprint density at radius 1 is 1.28 bits per heavy atom. The molecule has 2 heterocycles. The van der Waals surface area contributed by atoms with Crippen molar-refractivity contribution >= 4 is 11.8 Å². The minimum Gasteiger partial charge on any atom is -0.349 e. The fraction of sp³-hybridized carbons (Fsp3) is 0.789. The van der Waals surface area contributed by atoms with E-state index in [1.165, 1.54) is 4.90 Å². The van der Waals surface area contributed by atoms with E-state index in [0.29, 0.717) is 24.6 Å². The maximum Gasteiger partial charge on any atom is 0.267 e. The average Bonchev–Trinajstić information content (AvgIpc) is 3.26. The lowest BCUT2D eigenvalue weighted by Crippen LogP contribution is -2.54. The van der Waals surface area contributed by atoms with Crippen LogP contribution in [-0.2, 0) is 9.59 Å². The number of likely N-dealkylation sites (tertiary alicyclic amines) is 1. The molecule has 1 aromatic heterocycles. The first-order valence-electron chi connectivity index (χ1n) is 10.0. The normalized spacial score (nSPS) is 26.2. The maximum absolute atomic E-state index is 13.5. The number of nitrogens with zero attached hydrogens (tertiary/aromatic N) is 4. The van der Waals surface area contributed by atoms with E-state index in [9.17, 15) is 18.4 Å². The molecule has 8 nitrogen and oxygen atoms in total. The molecule has 10 heteroatoms. The van der Waals surface area contributed by atoms with E-state index in [2.05, 4.69) is 10.1 Å². The molecule has 1 aliphatic carbocycles. The average molecular weight is 413 g/mol. The fourth-order valence-corrected chi connectivity index (χ4v) is 4.44. The number of aryl methyl sites for hydroxylation is 1. The molecule has 0 bridgehead atoms. The molecule has 0 spiro atoms. The quantitative estimate of drug-likeness (QED) is 0.785. The third kappa shape index (κ3) is 4.73. The van der Waals surface area contributed by atoms with Gasteiger partial charge in [-0.15, -0.1) is 0 Å². The Kier molecular flexibility index (Phi) is 6.21. The summed E-state index contributed by atoms with van der Waals surface area (Å²) in [5, 5.41) is 3.83. The predicted octanol–water partition coefficient (Wildman–Crippen LogP) is 1.55. The van der Waals surface area contributed by atoms with Gasteiger partial charge in [0.2, 0.25) is 17.7 Å². The molecule has 162 valence electrons. The van der Waals surface area contributed by atoms with Gasteiger partial charge in [-0.25, -0.2) is 8.78 Å². The fourth-order valence-electron chi connectivity index (χ4n) is 4.44. The van der Waals surface area contributed by atoms with E-state index in [0.717, 1.165) is 17.7 Å². The van der Waals surface area contributed by atoms with Gasteiger partial charge in [-0.1, -0.05) is 5.16 Å². The number of hydrogen-bond acceptors (Lipinski definition) is 6. The van der Waals surface area contributed by atoms with Gasteiger partial charge in [-0.05, 0) is 38.5 Å². The Hall–Kier alpha value is -2.10. The van der Waals surface area contributed by atoms with Gasteiger partial charge in [0.05, 0.1) is 18.5 Å². The van der Waals surface area contributed by atoms with Crippen molar-refractivity contribution in [3.8, 4) is 0 Å². The minimum atomic E-state index is -2.89. The van der Waals surface area contributed by atoms with E-state index in [1.54, 1.807) is 21.0 Å². The van der Waals surface area contributed by atoms with E-state index >= 15 is 0 Å². The maximum atomic E-state index is 13.5. The minimum absolute atomic E-state index is 0.0360. The predicted molar refractivity (Wildman–Crippen MR) is 100 cm³/mol. The van der Waals surface area contributed by atoms with Crippen LogP contribution in [0.2, 0.25) is 0 Å². The second-order valence-corrected chi connectivity index (χ2v) is 8.44. The molecule has 1 aromatic rings. The number of alkyl halides is 2. The summed E-state index contributed by atoms with van der Waals surface area (Å²) in [6.45, 7) is 1.09. The second-order valence-electron chi connectivity index (χ2n) is 8.44. The summed E-state index contributed by atoms with van der Waals surface area (Å²) in [4.78, 5) is 32.5. The molecule has 3 rings (SSSR count). The van der Waals surface area contributed by atoms with Crippen molar-refractivity contribution in [2.45, 2.75) is 56.9 Å². The van der Waals surface area contributed by atoms with Crippen LogP contribution in [0.5, 0.6) is 0 Å². The van der Waals surface area contributed by atoms with Crippen molar-refractivity contribution < 1.29 is 22.9 Å². The number of nitrogens with two attached hydrogens (primary N) is 1. The molecule has 2 fully saturated rings. The van der Waals surface area contributed by atoms with Crippen LogP contribution in [0.1, 0.15) is 49.7 Å². The topological polar surface area (TPSA) is 106 Å². The largest absolute Gasteiger partial charge is 0.349 e. The van der Waals surface area contributed by atoms with Crippen LogP contribution in [0.4, 0.5) is 8.78 Å². The van der Waals surface area contributed by atoms with E-state index in [1.807, 2.05) is 0 Å². The number of aromatic nitrogens is 2. The van der Waals surface area contributed by atoms with Crippen molar-refractivity contribution in [1.82, 2.24) is 19.9 Å². The van der Waals surface area contributed by atoms with Crippen molar-refractivity contribution in [2.24, 2.45) is 17.6 Å². The summed E-state index contributed by atoms with van der Waals surface area (Å²) >= 11 is 0. The van der Waals surface area contributed by atoms with Crippen LogP contribution >= 0.6 is 0 Å². The van der Waals surface area contributed by atoms with Crippen LogP contribution < -0.4 is 5.73 Å². The van der Waals surface area contributed by atoms with Gasteiger partial charge in [-0.3, -0.25) is 9.59 Å². The molecule has 0 aromatic carbocycles. The molecule has 2 aliphatic rings. The lowest BCUT2D eigenvalue weighted by Gasteiger charge is -2.36. The summed E-state index contributed by atoms with van der Waals surface area (Å²) < 4.78 is 32.3. The highest BCUT2D eigenvalue weighted by atomic mass is 19.3. The van der Waals surface area contributed by atoms with Gasteiger partial charge in [0.15, 0.2) is 5.82 Å². The van der Waals surface area contributed by atoms with Crippen molar-refractivity contribution in [1.29, 1.82) is 0 Å². The Morgan fingerprint density at radius 2 is 1.93 bits per heavy atom. The first kappa shape index (κ1) is 21.6. The van der Waals surface area contributed by atoms with Gasteiger partial charge in [0.25, 0.3) is 5.92 Å². The highest BCUT2D eigenvalue weighted by Gasteiger charge is 2.46. The van der Waals surface area contributed by atoms with Crippen molar-refractivity contribution in [3.63, 3.8) is 0 Å². The first-order valence-corrected chi connectivity index (χ1v) is 10.0. The van der Waals surface area contributed by atoms with Gasteiger partial charge in [-0.2, -0.15) is 4.98 Å². The van der Waals surface area contributed by atoms with Crippen molar-refractivity contribution in [3.05, 3.63) is 11.7 Å². The molecular weight excluding hydrogens is 384 g/mol. The van der Waals surface area contributed by atoms with Crippen LogP contribution in [0.25, 0.3) is 0 Å². The highest BCUT2D eigenvalue weighted by Crippen LogP contribution is 2.40. The first-order chi connectivity index (χ1) is 13.6. The number of halogens is 2.